The number of sulfonamides is 1. The molecule has 4 N–H and O–H groups in total. The van der Waals surface area contributed by atoms with Crippen molar-refractivity contribution >= 4 is 15.7 Å². The lowest BCUT2D eigenvalue weighted by molar-refractivity contribution is 0.371. The van der Waals surface area contributed by atoms with E-state index in [1.165, 1.54) is 19.3 Å². The lowest BCUT2D eigenvalue weighted by Gasteiger charge is -2.27. The molecule has 1 aliphatic heterocycles. The molecule has 118 valence electrons. The van der Waals surface area contributed by atoms with Gasteiger partial charge in [-0.1, -0.05) is 12.5 Å². The van der Waals surface area contributed by atoms with Gasteiger partial charge in [0.25, 0.3) is 0 Å². The Morgan fingerprint density at radius 3 is 2.81 bits per heavy atom. The second-order valence-corrected chi connectivity index (χ2v) is 7.43. The fourth-order valence-corrected chi connectivity index (χ4v) is 3.76. The van der Waals surface area contributed by atoms with Gasteiger partial charge >= 0.3 is 0 Å². The van der Waals surface area contributed by atoms with E-state index < -0.39 is 10.0 Å². The molecule has 5 nitrogen and oxygen atoms in total. The maximum Gasteiger partial charge on any atom is 0.238 e. The molecule has 2 unspecified atom stereocenters. The van der Waals surface area contributed by atoms with E-state index in [0.717, 1.165) is 18.7 Å². The maximum atomic E-state index is 11.5. The van der Waals surface area contributed by atoms with Crippen molar-refractivity contribution < 1.29 is 8.42 Å². The highest BCUT2D eigenvalue weighted by Gasteiger charge is 2.18. The molecule has 1 fully saturated rings. The first kappa shape index (κ1) is 16.3. The van der Waals surface area contributed by atoms with E-state index in [1.54, 1.807) is 19.1 Å². The van der Waals surface area contributed by atoms with Crippen molar-refractivity contribution in [3.05, 3.63) is 23.8 Å². The number of hydrogen-bond donors (Lipinski definition) is 3. The Bertz CT molecular complexity index is 581. The van der Waals surface area contributed by atoms with Gasteiger partial charge in [0, 0.05) is 17.8 Å². The van der Waals surface area contributed by atoms with Gasteiger partial charge in [0.05, 0.1) is 4.90 Å². The first-order chi connectivity index (χ1) is 9.88. The quantitative estimate of drug-likeness (QED) is 0.776. The Balaban J connectivity index is 2.05. The Morgan fingerprint density at radius 1 is 1.43 bits per heavy atom. The third-order valence-corrected chi connectivity index (χ3v) is 5.10. The second kappa shape index (κ2) is 6.77. The van der Waals surface area contributed by atoms with Crippen LogP contribution < -0.4 is 15.8 Å². The van der Waals surface area contributed by atoms with Crippen LogP contribution in [0.15, 0.2) is 23.1 Å². The van der Waals surface area contributed by atoms with Gasteiger partial charge < -0.3 is 10.6 Å². The average molecular weight is 311 g/mol. The smallest absolute Gasteiger partial charge is 0.238 e. The predicted molar refractivity (Wildman–Crippen MR) is 85.9 cm³/mol. The highest BCUT2D eigenvalue weighted by molar-refractivity contribution is 7.89. The van der Waals surface area contributed by atoms with Crippen LogP contribution in [0.3, 0.4) is 0 Å². The summed E-state index contributed by atoms with van der Waals surface area (Å²) in [6.07, 6.45) is 4.78. The van der Waals surface area contributed by atoms with E-state index in [0.29, 0.717) is 11.6 Å². The van der Waals surface area contributed by atoms with E-state index in [9.17, 15) is 8.42 Å². The van der Waals surface area contributed by atoms with E-state index in [1.807, 2.05) is 6.07 Å². The van der Waals surface area contributed by atoms with Crippen LogP contribution in [0.1, 0.15) is 38.2 Å². The fraction of sp³-hybridized carbons (Fsp3) is 0.600. The summed E-state index contributed by atoms with van der Waals surface area (Å²) in [5, 5.41) is 12.2. The molecule has 0 amide bonds. The number of nitrogens with two attached hydrogens (primary N) is 1. The maximum absolute atomic E-state index is 11.5. The number of hydrogen-bond acceptors (Lipinski definition) is 4. The van der Waals surface area contributed by atoms with Crippen molar-refractivity contribution in [2.24, 2.45) is 5.14 Å². The van der Waals surface area contributed by atoms with Gasteiger partial charge in [-0.25, -0.2) is 13.6 Å². The van der Waals surface area contributed by atoms with Crippen molar-refractivity contribution in [3.8, 4) is 0 Å². The van der Waals surface area contributed by atoms with Gasteiger partial charge in [-0.15, -0.1) is 0 Å². The molecule has 0 saturated carbocycles. The Hall–Kier alpha value is -1.11. The predicted octanol–water partition coefficient (Wildman–Crippen LogP) is 1.98. The SMILES string of the molecule is Cc1c(NC(C)CC2CCCCN2)cccc1S(N)(=O)=O. The van der Waals surface area contributed by atoms with Gasteiger partial charge in [-0.2, -0.15) is 0 Å². The highest BCUT2D eigenvalue weighted by atomic mass is 32.2. The van der Waals surface area contributed by atoms with Crippen LogP contribution in [0.2, 0.25) is 0 Å². The molecule has 2 atom stereocenters. The standard InChI is InChI=1S/C15H25N3O2S/c1-11(10-13-6-3-4-9-17-13)18-14-7-5-8-15(12(14)2)21(16,19)20/h5,7-8,11,13,17-18H,3-4,6,9-10H2,1-2H3,(H2,16,19,20). The molecule has 0 bridgehead atoms. The summed E-state index contributed by atoms with van der Waals surface area (Å²) in [7, 11) is -3.67. The summed E-state index contributed by atoms with van der Waals surface area (Å²) in [6.45, 7) is 5.00. The monoisotopic (exact) mass is 311 g/mol. The summed E-state index contributed by atoms with van der Waals surface area (Å²) in [5.74, 6) is 0. The molecule has 0 aliphatic carbocycles. The zero-order chi connectivity index (χ0) is 15.5. The number of anilines is 1. The van der Waals surface area contributed by atoms with Crippen LogP contribution in [0.4, 0.5) is 5.69 Å². The minimum Gasteiger partial charge on any atom is -0.382 e. The zero-order valence-corrected chi connectivity index (χ0v) is 13.5. The molecule has 0 spiro atoms. The largest absolute Gasteiger partial charge is 0.382 e. The van der Waals surface area contributed by atoms with Crippen molar-refractivity contribution in [2.75, 3.05) is 11.9 Å². The third kappa shape index (κ3) is 4.43. The molecule has 6 heteroatoms. The zero-order valence-electron chi connectivity index (χ0n) is 12.7. The molecular weight excluding hydrogens is 286 g/mol. The van der Waals surface area contributed by atoms with Crippen LogP contribution in [-0.2, 0) is 10.0 Å². The van der Waals surface area contributed by atoms with E-state index in [2.05, 4.69) is 17.6 Å². The second-order valence-electron chi connectivity index (χ2n) is 5.90. The molecule has 0 radical (unpaired) electrons. The van der Waals surface area contributed by atoms with Crippen LogP contribution in [0, 0.1) is 6.92 Å². The molecule has 1 aromatic carbocycles. The van der Waals surface area contributed by atoms with Gasteiger partial charge in [-0.3, -0.25) is 0 Å². The van der Waals surface area contributed by atoms with Gasteiger partial charge in [0.1, 0.15) is 0 Å². The topological polar surface area (TPSA) is 84.2 Å². The normalized spacial score (nSPS) is 21.0. The molecule has 2 rings (SSSR count). The fourth-order valence-electron chi connectivity index (χ4n) is 2.96. The number of primary sulfonamides is 1. The summed E-state index contributed by atoms with van der Waals surface area (Å²) >= 11 is 0. The van der Waals surface area contributed by atoms with Crippen molar-refractivity contribution in [1.29, 1.82) is 0 Å². The minimum absolute atomic E-state index is 0.190. The van der Waals surface area contributed by atoms with E-state index in [-0.39, 0.29) is 10.9 Å². The summed E-state index contributed by atoms with van der Waals surface area (Å²) in [4.78, 5) is 0.190. The molecule has 21 heavy (non-hydrogen) atoms. The first-order valence-electron chi connectivity index (χ1n) is 7.50. The summed E-state index contributed by atoms with van der Waals surface area (Å²) in [5.41, 5.74) is 1.52. The molecule has 1 heterocycles. The number of benzene rings is 1. The molecular formula is C15H25N3O2S. The van der Waals surface area contributed by atoms with Crippen LogP contribution in [0.25, 0.3) is 0 Å². The number of rotatable bonds is 5. The Labute approximate surface area is 127 Å². The van der Waals surface area contributed by atoms with Crippen molar-refractivity contribution in [2.45, 2.75) is 56.5 Å². The number of nitrogens with one attached hydrogen (secondary N) is 2. The third-order valence-electron chi connectivity index (χ3n) is 4.04. The van der Waals surface area contributed by atoms with Crippen molar-refractivity contribution in [3.63, 3.8) is 0 Å². The van der Waals surface area contributed by atoms with Gasteiger partial charge in [0.15, 0.2) is 0 Å². The van der Waals surface area contributed by atoms with Crippen molar-refractivity contribution in [1.82, 2.24) is 5.32 Å². The van der Waals surface area contributed by atoms with E-state index >= 15 is 0 Å². The summed E-state index contributed by atoms with van der Waals surface area (Å²) < 4.78 is 23.1. The lowest BCUT2D eigenvalue weighted by atomic mass is 9.98. The molecule has 1 aromatic rings. The Morgan fingerprint density at radius 2 is 2.19 bits per heavy atom. The average Bonchev–Trinajstić information content (AvgIpc) is 2.41. The van der Waals surface area contributed by atoms with Gasteiger partial charge in [0.2, 0.25) is 10.0 Å². The summed E-state index contributed by atoms with van der Waals surface area (Å²) in [6, 6.07) is 5.98. The van der Waals surface area contributed by atoms with E-state index in [4.69, 9.17) is 5.14 Å². The van der Waals surface area contributed by atoms with Crippen LogP contribution in [-0.4, -0.2) is 27.0 Å². The van der Waals surface area contributed by atoms with Gasteiger partial charge in [-0.05, 0) is 57.4 Å². The molecule has 1 saturated heterocycles. The highest BCUT2D eigenvalue weighted by Crippen LogP contribution is 2.23. The molecule has 1 aliphatic rings. The minimum atomic E-state index is -3.67. The first-order valence-corrected chi connectivity index (χ1v) is 9.05. The molecule has 0 aromatic heterocycles. The van der Waals surface area contributed by atoms with Crippen LogP contribution in [0.5, 0.6) is 0 Å². The van der Waals surface area contributed by atoms with Crippen LogP contribution >= 0.6 is 0 Å². The Kier molecular flexibility index (Phi) is 5.24. The lowest BCUT2D eigenvalue weighted by Crippen LogP contribution is -2.37. The number of piperidine rings is 1.